The highest BCUT2D eigenvalue weighted by Gasteiger charge is 2.49. The molecule has 0 saturated carbocycles. The van der Waals surface area contributed by atoms with Gasteiger partial charge in [-0.2, -0.15) is 0 Å². The summed E-state index contributed by atoms with van der Waals surface area (Å²) in [4.78, 5) is 12.6. The summed E-state index contributed by atoms with van der Waals surface area (Å²) in [6.07, 6.45) is 0. The first-order valence-corrected chi connectivity index (χ1v) is 8.66. The van der Waals surface area contributed by atoms with E-state index in [-0.39, 0.29) is 5.97 Å². The highest BCUT2D eigenvalue weighted by atomic mass is 16.7. The Bertz CT molecular complexity index is 968. The summed E-state index contributed by atoms with van der Waals surface area (Å²) < 4.78 is 12.4. The fourth-order valence-corrected chi connectivity index (χ4v) is 3.67. The fourth-order valence-electron chi connectivity index (χ4n) is 3.67. The van der Waals surface area contributed by atoms with Gasteiger partial charge < -0.3 is 9.47 Å². The van der Waals surface area contributed by atoms with Crippen molar-refractivity contribution in [3.05, 3.63) is 100 Å². The summed E-state index contributed by atoms with van der Waals surface area (Å²) in [6, 6.07) is 21.2. The number of cyclic esters (lactones) is 1. The number of hydrogen-bond donors (Lipinski definition) is 0. The van der Waals surface area contributed by atoms with E-state index in [1.54, 1.807) is 6.07 Å². The van der Waals surface area contributed by atoms with E-state index in [0.717, 1.165) is 28.0 Å². The van der Waals surface area contributed by atoms with Gasteiger partial charge in [0.25, 0.3) is 0 Å². The first-order chi connectivity index (χ1) is 12.5. The average Bonchev–Trinajstić information content (AvgIpc) is 2.92. The number of hydrogen-bond acceptors (Lipinski definition) is 3. The number of carbonyl (C=O) groups excluding carboxylic acids is 1. The quantitative estimate of drug-likeness (QED) is 0.623. The minimum atomic E-state index is -1.28. The van der Waals surface area contributed by atoms with Crippen molar-refractivity contribution in [3.63, 3.8) is 0 Å². The maximum atomic E-state index is 12.6. The molecule has 1 aliphatic rings. The second kappa shape index (κ2) is 6.03. The van der Waals surface area contributed by atoms with Gasteiger partial charge in [-0.25, -0.2) is 4.79 Å². The summed E-state index contributed by atoms with van der Waals surface area (Å²) in [5, 5.41) is 0. The van der Waals surface area contributed by atoms with Crippen molar-refractivity contribution in [3.8, 4) is 5.75 Å². The summed E-state index contributed by atoms with van der Waals surface area (Å²) in [7, 11) is 0. The first kappa shape index (κ1) is 16.4. The molecule has 0 saturated heterocycles. The lowest BCUT2D eigenvalue weighted by Crippen LogP contribution is -2.35. The molecule has 1 atom stereocenters. The summed E-state index contributed by atoms with van der Waals surface area (Å²) >= 11 is 0. The molecular weight excluding hydrogens is 324 g/mol. The molecule has 3 aromatic carbocycles. The first-order valence-electron chi connectivity index (χ1n) is 8.66. The van der Waals surface area contributed by atoms with Crippen LogP contribution in [0.15, 0.2) is 66.7 Å². The van der Waals surface area contributed by atoms with Crippen LogP contribution in [0.5, 0.6) is 5.75 Å². The monoisotopic (exact) mass is 344 g/mol. The van der Waals surface area contributed by atoms with Crippen LogP contribution >= 0.6 is 0 Å². The molecule has 0 spiro atoms. The third-order valence-electron chi connectivity index (χ3n) is 4.74. The van der Waals surface area contributed by atoms with Gasteiger partial charge in [-0.05, 0) is 44.0 Å². The number of fused-ring (bicyclic) bond motifs is 1. The normalized spacial score (nSPS) is 18.3. The van der Waals surface area contributed by atoms with E-state index in [1.165, 1.54) is 5.56 Å². The minimum absolute atomic E-state index is 0.369. The molecule has 0 amide bonds. The van der Waals surface area contributed by atoms with Gasteiger partial charge in [-0.1, -0.05) is 60.2 Å². The Labute approximate surface area is 153 Å². The molecule has 0 aromatic heterocycles. The van der Waals surface area contributed by atoms with Crippen LogP contribution in [0, 0.1) is 20.8 Å². The Morgan fingerprint density at radius 2 is 1.46 bits per heavy atom. The Hall–Kier alpha value is -3.07. The molecule has 3 heteroatoms. The Morgan fingerprint density at radius 3 is 2.15 bits per heavy atom. The van der Waals surface area contributed by atoms with Gasteiger partial charge >= 0.3 is 11.8 Å². The molecule has 3 nitrogen and oxygen atoms in total. The molecule has 0 bridgehead atoms. The molecule has 0 fully saturated rings. The van der Waals surface area contributed by atoms with Gasteiger partial charge in [-0.15, -0.1) is 0 Å². The van der Waals surface area contributed by atoms with Crippen LogP contribution in [0.3, 0.4) is 0 Å². The zero-order chi connectivity index (χ0) is 18.3. The molecule has 0 radical (unpaired) electrons. The largest absolute Gasteiger partial charge is 0.444 e. The summed E-state index contributed by atoms with van der Waals surface area (Å²) in [6.45, 7) is 6.08. The number of ether oxygens (including phenoxy) is 2. The highest BCUT2D eigenvalue weighted by Crippen LogP contribution is 2.44. The molecular formula is C23H20O3. The lowest BCUT2D eigenvalue weighted by Gasteiger charge is -2.31. The second-order valence-corrected chi connectivity index (χ2v) is 6.75. The molecule has 1 aliphatic heterocycles. The van der Waals surface area contributed by atoms with Crippen LogP contribution in [0.25, 0.3) is 0 Å². The van der Waals surface area contributed by atoms with Crippen molar-refractivity contribution >= 4 is 5.97 Å². The number of aryl methyl sites for hydroxylation is 3. The highest BCUT2D eigenvalue weighted by molar-refractivity contribution is 5.95. The molecule has 4 rings (SSSR count). The van der Waals surface area contributed by atoms with E-state index in [1.807, 2.05) is 62.4 Å². The lowest BCUT2D eigenvalue weighted by molar-refractivity contribution is -0.109. The predicted molar refractivity (Wildman–Crippen MR) is 100 cm³/mol. The standard InChI is InChI=1S/C23H20O3/c1-15-13-16(2)21(17(3)14-15)25-23(18-9-5-4-6-10-18)20-12-8-7-11-19(20)22(24)26-23/h4-14H,1-3H3/t23-/m1/s1. The van der Waals surface area contributed by atoms with E-state index >= 15 is 0 Å². The van der Waals surface area contributed by atoms with Crippen molar-refractivity contribution in [2.45, 2.75) is 26.6 Å². The van der Waals surface area contributed by atoms with Crippen LogP contribution < -0.4 is 4.74 Å². The van der Waals surface area contributed by atoms with Gasteiger partial charge in [0.15, 0.2) is 0 Å². The van der Waals surface area contributed by atoms with Gasteiger partial charge in [-0.3, -0.25) is 0 Å². The zero-order valence-electron chi connectivity index (χ0n) is 15.1. The van der Waals surface area contributed by atoms with Crippen LogP contribution in [-0.2, 0) is 10.5 Å². The third-order valence-corrected chi connectivity index (χ3v) is 4.74. The predicted octanol–water partition coefficient (Wildman–Crippen LogP) is 5.06. The molecule has 1 heterocycles. The van der Waals surface area contributed by atoms with Crippen LogP contribution in [0.1, 0.15) is 38.2 Å². The summed E-state index contributed by atoms with van der Waals surface area (Å²) in [5.41, 5.74) is 5.26. The average molecular weight is 344 g/mol. The van der Waals surface area contributed by atoms with E-state index in [0.29, 0.717) is 5.56 Å². The van der Waals surface area contributed by atoms with Crippen molar-refractivity contribution in [2.75, 3.05) is 0 Å². The SMILES string of the molecule is Cc1cc(C)c(O[C@]2(c3ccccc3)OC(=O)c3ccccc32)c(C)c1. The number of esters is 1. The fraction of sp³-hybridized carbons (Fsp3) is 0.174. The molecule has 0 aliphatic carbocycles. The topological polar surface area (TPSA) is 35.5 Å². The molecule has 130 valence electrons. The minimum Gasteiger partial charge on any atom is -0.444 e. The van der Waals surface area contributed by atoms with Crippen LogP contribution in [0.2, 0.25) is 0 Å². The third kappa shape index (κ3) is 2.48. The molecule has 26 heavy (non-hydrogen) atoms. The van der Waals surface area contributed by atoms with Gasteiger partial charge in [0.1, 0.15) is 5.75 Å². The van der Waals surface area contributed by atoms with Gasteiger partial charge in [0.05, 0.1) is 11.1 Å². The number of benzene rings is 3. The summed E-state index contributed by atoms with van der Waals surface area (Å²) in [5.74, 6) is -0.907. The van der Waals surface area contributed by atoms with Crippen molar-refractivity contribution < 1.29 is 14.3 Å². The molecule has 0 N–H and O–H groups in total. The number of rotatable bonds is 3. The lowest BCUT2D eigenvalue weighted by atomic mass is 9.95. The zero-order valence-corrected chi connectivity index (χ0v) is 15.1. The van der Waals surface area contributed by atoms with Crippen molar-refractivity contribution in [1.82, 2.24) is 0 Å². The van der Waals surface area contributed by atoms with Gasteiger partial charge in [0, 0.05) is 5.56 Å². The smallest absolute Gasteiger partial charge is 0.342 e. The Balaban J connectivity index is 1.94. The van der Waals surface area contributed by atoms with E-state index in [4.69, 9.17) is 9.47 Å². The van der Waals surface area contributed by atoms with Crippen LogP contribution in [0.4, 0.5) is 0 Å². The van der Waals surface area contributed by atoms with E-state index in [9.17, 15) is 4.79 Å². The van der Waals surface area contributed by atoms with Crippen LogP contribution in [-0.4, -0.2) is 5.97 Å². The Kier molecular flexibility index (Phi) is 3.80. The van der Waals surface area contributed by atoms with Crippen molar-refractivity contribution in [2.24, 2.45) is 0 Å². The molecule has 0 unspecified atom stereocenters. The van der Waals surface area contributed by atoms with E-state index in [2.05, 4.69) is 19.1 Å². The Morgan fingerprint density at radius 1 is 0.846 bits per heavy atom. The maximum absolute atomic E-state index is 12.6. The molecule has 3 aromatic rings. The van der Waals surface area contributed by atoms with Gasteiger partial charge in [0.2, 0.25) is 0 Å². The second-order valence-electron chi connectivity index (χ2n) is 6.75. The number of carbonyl (C=O) groups is 1. The maximum Gasteiger partial charge on any atom is 0.342 e. The van der Waals surface area contributed by atoms with Crippen molar-refractivity contribution in [1.29, 1.82) is 0 Å². The van der Waals surface area contributed by atoms with E-state index < -0.39 is 5.79 Å².